The largest absolute Gasteiger partial charge is 0.341 e. The average molecular weight is 209 g/mol. The maximum absolute atomic E-state index is 2.42. The van der Waals surface area contributed by atoms with E-state index in [4.69, 9.17) is 0 Å². The van der Waals surface area contributed by atoms with E-state index in [9.17, 15) is 0 Å². The fraction of sp³-hybridized carbons (Fsp3) is 0.200. The molecule has 0 saturated heterocycles. The van der Waals surface area contributed by atoms with Gasteiger partial charge in [-0.15, -0.1) is 0 Å². The molecule has 0 aliphatic carbocycles. The molecule has 0 amide bonds. The minimum absolute atomic E-state index is 1.13. The first-order valence-electron chi connectivity index (χ1n) is 5.86. The van der Waals surface area contributed by atoms with Gasteiger partial charge in [0.05, 0.1) is 0 Å². The summed E-state index contributed by atoms with van der Waals surface area (Å²) in [6.07, 6.45) is 2.45. The molecule has 1 heteroatoms. The molecule has 1 aliphatic heterocycles. The fourth-order valence-corrected chi connectivity index (χ4v) is 2.41. The molecule has 0 aromatic heterocycles. The van der Waals surface area contributed by atoms with Crippen LogP contribution in [0.15, 0.2) is 54.6 Å². The second-order valence-electron chi connectivity index (χ2n) is 4.22. The molecule has 3 rings (SSSR count). The van der Waals surface area contributed by atoms with Gasteiger partial charge in [0, 0.05) is 17.9 Å². The van der Waals surface area contributed by atoms with Crippen LogP contribution in [0.25, 0.3) is 0 Å². The quantitative estimate of drug-likeness (QED) is 0.691. The molecule has 1 aliphatic rings. The first-order valence-corrected chi connectivity index (χ1v) is 5.86. The summed E-state index contributed by atoms with van der Waals surface area (Å²) in [6.45, 7) is 1.13. The van der Waals surface area contributed by atoms with E-state index in [0.717, 1.165) is 6.54 Å². The summed E-state index contributed by atoms with van der Waals surface area (Å²) >= 11 is 0. The minimum Gasteiger partial charge on any atom is -0.341 e. The molecule has 0 unspecified atom stereocenters. The lowest BCUT2D eigenvalue weighted by Crippen LogP contribution is -2.24. The lowest BCUT2D eigenvalue weighted by atomic mass is 10.0. The highest BCUT2D eigenvalue weighted by molar-refractivity contribution is 5.67. The van der Waals surface area contributed by atoms with E-state index in [1.807, 2.05) is 0 Å². The van der Waals surface area contributed by atoms with Crippen LogP contribution in [0.4, 0.5) is 11.4 Å². The molecule has 0 atom stereocenters. The molecular weight excluding hydrogens is 194 g/mol. The van der Waals surface area contributed by atoms with Crippen molar-refractivity contribution in [2.24, 2.45) is 0 Å². The smallest absolute Gasteiger partial charge is 0.0443 e. The second-order valence-corrected chi connectivity index (χ2v) is 4.22. The van der Waals surface area contributed by atoms with Gasteiger partial charge in [-0.3, -0.25) is 0 Å². The van der Waals surface area contributed by atoms with Crippen LogP contribution in [0.2, 0.25) is 0 Å². The summed E-state index contributed by atoms with van der Waals surface area (Å²) in [6, 6.07) is 19.4. The average Bonchev–Trinajstić information content (AvgIpc) is 2.39. The van der Waals surface area contributed by atoms with Crippen molar-refractivity contribution in [3.8, 4) is 0 Å². The van der Waals surface area contributed by atoms with Crippen molar-refractivity contribution in [3.05, 3.63) is 60.2 Å². The molecule has 0 saturated carbocycles. The molecule has 0 bridgehead atoms. The number of fused-ring (bicyclic) bond motifs is 1. The predicted molar refractivity (Wildman–Crippen MR) is 68.2 cm³/mol. The van der Waals surface area contributed by atoms with Crippen molar-refractivity contribution in [3.63, 3.8) is 0 Å². The van der Waals surface area contributed by atoms with Crippen LogP contribution in [0.1, 0.15) is 12.0 Å². The number of hydrogen-bond donors (Lipinski definition) is 0. The van der Waals surface area contributed by atoms with Crippen molar-refractivity contribution in [1.29, 1.82) is 0 Å². The Balaban J connectivity index is 2.05. The number of anilines is 2. The van der Waals surface area contributed by atoms with Gasteiger partial charge in [-0.2, -0.15) is 0 Å². The lowest BCUT2D eigenvalue weighted by molar-refractivity contribution is 0.767. The maximum Gasteiger partial charge on any atom is 0.0443 e. The van der Waals surface area contributed by atoms with Gasteiger partial charge >= 0.3 is 0 Å². The summed E-state index contributed by atoms with van der Waals surface area (Å²) in [4.78, 5) is 2.42. The predicted octanol–water partition coefficient (Wildman–Crippen LogP) is 3.77. The van der Waals surface area contributed by atoms with Crippen molar-refractivity contribution in [2.75, 3.05) is 11.4 Å². The van der Waals surface area contributed by atoms with E-state index in [0.29, 0.717) is 0 Å². The van der Waals surface area contributed by atoms with Crippen LogP contribution in [-0.4, -0.2) is 6.54 Å². The van der Waals surface area contributed by atoms with Crippen molar-refractivity contribution >= 4 is 11.4 Å². The van der Waals surface area contributed by atoms with Gasteiger partial charge < -0.3 is 4.90 Å². The topological polar surface area (TPSA) is 3.24 Å². The molecule has 1 nitrogen and oxygen atoms in total. The first-order chi connectivity index (χ1) is 7.95. The summed E-state index contributed by atoms with van der Waals surface area (Å²) in [7, 11) is 0. The Labute approximate surface area is 96.3 Å². The summed E-state index contributed by atoms with van der Waals surface area (Å²) in [5.74, 6) is 0. The third-order valence-corrected chi connectivity index (χ3v) is 3.18. The Morgan fingerprint density at radius 3 is 2.44 bits per heavy atom. The molecule has 0 radical (unpaired) electrons. The molecule has 0 spiro atoms. The molecule has 0 fully saturated rings. The number of para-hydroxylation sites is 2. The molecule has 16 heavy (non-hydrogen) atoms. The van der Waals surface area contributed by atoms with E-state index in [-0.39, 0.29) is 0 Å². The Morgan fingerprint density at radius 1 is 0.812 bits per heavy atom. The number of aryl methyl sites for hydroxylation is 1. The molecular formula is C15H15N. The first kappa shape index (κ1) is 9.46. The number of benzene rings is 2. The molecule has 2 aromatic rings. The zero-order valence-electron chi connectivity index (χ0n) is 9.26. The Bertz CT molecular complexity index is 476. The van der Waals surface area contributed by atoms with Crippen LogP contribution in [0.3, 0.4) is 0 Å². The van der Waals surface area contributed by atoms with E-state index in [1.54, 1.807) is 0 Å². The molecule has 1 heterocycles. The Hall–Kier alpha value is -1.76. The van der Waals surface area contributed by atoms with Gasteiger partial charge in [0.25, 0.3) is 0 Å². The van der Waals surface area contributed by atoms with Crippen molar-refractivity contribution < 1.29 is 0 Å². The van der Waals surface area contributed by atoms with Crippen molar-refractivity contribution in [2.45, 2.75) is 12.8 Å². The van der Waals surface area contributed by atoms with Crippen LogP contribution in [-0.2, 0) is 6.42 Å². The van der Waals surface area contributed by atoms with Gasteiger partial charge in [0.2, 0.25) is 0 Å². The SMILES string of the molecule is c1ccc(N2CCCc3ccccc32)cc1. The molecule has 80 valence electrons. The molecule has 2 aromatic carbocycles. The van der Waals surface area contributed by atoms with Gasteiger partial charge in [-0.1, -0.05) is 36.4 Å². The second kappa shape index (κ2) is 4.01. The van der Waals surface area contributed by atoms with Crippen LogP contribution < -0.4 is 4.90 Å². The van der Waals surface area contributed by atoms with Crippen LogP contribution in [0, 0.1) is 0 Å². The summed E-state index contributed by atoms with van der Waals surface area (Å²) in [5.41, 5.74) is 4.15. The van der Waals surface area contributed by atoms with E-state index < -0.39 is 0 Å². The van der Waals surface area contributed by atoms with Crippen LogP contribution >= 0.6 is 0 Å². The van der Waals surface area contributed by atoms with Gasteiger partial charge in [0.15, 0.2) is 0 Å². The minimum atomic E-state index is 1.13. The third kappa shape index (κ3) is 1.58. The standard InChI is InChI=1S/C15H15N/c1-2-9-14(10-3-1)16-12-6-8-13-7-4-5-11-15(13)16/h1-5,7,9-11H,6,8,12H2. The number of rotatable bonds is 1. The Morgan fingerprint density at radius 2 is 1.56 bits per heavy atom. The van der Waals surface area contributed by atoms with Crippen LogP contribution in [0.5, 0.6) is 0 Å². The monoisotopic (exact) mass is 209 g/mol. The maximum atomic E-state index is 2.42. The van der Waals surface area contributed by atoms with E-state index >= 15 is 0 Å². The Kier molecular flexibility index (Phi) is 2.37. The zero-order chi connectivity index (χ0) is 10.8. The third-order valence-electron chi connectivity index (χ3n) is 3.18. The van der Waals surface area contributed by atoms with E-state index in [1.165, 1.54) is 29.8 Å². The summed E-state index contributed by atoms with van der Waals surface area (Å²) < 4.78 is 0. The number of nitrogens with zero attached hydrogens (tertiary/aromatic N) is 1. The molecule has 0 N–H and O–H groups in total. The van der Waals surface area contributed by atoms with E-state index in [2.05, 4.69) is 59.5 Å². The summed E-state index contributed by atoms with van der Waals surface area (Å²) in [5, 5.41) is 0. The lowest BCUT2D eigenvalue weighted by Gasteiger charge is -2.31. The fourth-order valence-electron chi connectivity index (χ4n) is 2.41. The zero-order valence-corrected chi connectivity index (χ0v) is 9.26. The normalized spacial score (nSPS) is 14.6. The highest BCUT2D eigenvalue weighted by Crippen LogP contribution is 2.32. The van der Waals surface area contributed by atoms with Crippen molar-refractivity contribution in [1.82, 2.24) is 0 Å². The highest BCUT2D eigenvalue weighted by atomic mass is 15.1. The van der Waals surface area contributed by atoms with Gasteiger partial charge in [-0.25, -0.2) is 0 Å². The highest BCUT2D eigenvalue weighted by Gasteiger charge is 2.16. The number of hydrogen-bond acceptors (Lipinski definition) is 1. The van der Waals surface area contributed by atoms with Gasteiger partial charge in [0.1, 0.15) is 0 Å². The van der Waals surface area contributed by atoms with Gasteiger partial charge in [-0.05, 0) is 36.6 Å².